The number of hydrogen-bond acceptors (Lipinski definition) is 3. The van der Waals surface area contributed by atoms with Crippen LogP contribution in [0.3, 0.4) is 0 Å². The lowest BCUT2D eigenvalue weighted by atomic mass is 9.92. The summed E-state index contributed by atoms with van der Waals surface area (Å²) in [6.45, 7) is 5.79. The molecule has 0 amide bonds. The number of ether oxygens (including phenoxy) is 1. The standard InChI is InChI=1S/C17H28N2O/c1-2-3-11-19(16-9-5-4-6-10-16)17(13-18)15-8-7-12-20-14-15/h4-6,9-10,15,17H,2-3,7-8,11-14,18H2,1H3. The van der Waals surface area contributed by atoms with Crippen molar-refractivity contribution in [1.29, 1.82) is 0 Å². The lowest BCUT2D eigenvalue weighted by Gasteiger charge is -2.39. The molecule has 1 aromatic carbocycles. The third-order valence-electron chi connectivity index (χ3n) is 4.22. The molecule has 0 spiro atoms. The van der Waals surface area contributed by atoms with Crippen LogP contribution in [0.2, 0.25) is 0 Å². The van der Waals surface area contributed by atoms with Crippen molar-refractivity contribution in [2.24, 2.45) is 11.7 Å². The van der Waals surface area contributed by atoms with Gasteiger partial charge in [-0.3, -0.25) is 0 Å². The molecule has 0 radical (unpaired) electrons. The van der Waals surface area contributed by atoms with Gasteiger partial charge in [0.1, 0.15) is 0 Å². The third kappa shape index (κ3) is 3.97. The first-order valence-electron chi connectivity index (χ1n) is 7.96. The summed E-state index contributed by atoms with van der Waals surface area (Å²) >= 11 is 0. The van der Waals surface area contributed by atoms with Gasteiger partial charge in [0.25, 0.3) is 0 Å². The average Bonchev–Trinajstić information content (AvgIpc) is 2.53. The molecule has 3 heteroatoms. The number of rotatable bonds is 7. The van der Waals surface area contributed by atoms with Crippen molar-refractivity contribution in [2.75, 3.05) is 31.2 Å². The van der Waals surface area contributed by atoms with Gasteiger partial charge in [-0.1, -0.05) is 31.5 Å². The minimum Gasteiger partial charge on any atom is -0.381 e. The number of nitrogens with zero attached hydrogens (tertiary/aromatic N) is 1. The fourth-order valence-electron chi connectivity index (χ4n) is 3.08. The van der Waals surface area contributed by atoms with E-state index in [4.69, 9.17) is 10.5 Å². The van der Waals surface area contributed by atoms with Crippen LogP contribution in [-0.2, 0) is 4.74 Å². The summed E-state index contributed by atoms with van der Waals surface area (Å²) in [5, 5.41) is 0. The Morgan fingerprint density at radius 2 is 2.15 bits per heavy atom. The van der Waals surface area contributed by atoms with Gasteiger partial charge in [-0.05, 0) is 31.4 Å². The first-order valence-corrected chi connectivity index (χ1v) is 7.96. The molecule has 1 saturated heterocycles. The predicted octanol–water partition coefficient (Wildman–Crippen LogP) is 3.05. The highest BCUT2D eigenvalue weighted by Gasteiger charge is 2.28. The van der Waals surface area contributed by atoms with Gasteiger partial charge in [-0.15, -0.1) is 0 Å². The van der Waals surface area contributed by atoms with Crippen LogP contribution in [0.15, 0.2) is 30.3 Å². The molecule has 2 rings (SSSR count). The normalized spacial score (nSPS) is 20.6. The molecule has 2 N–H and O–H groups in total. The number of anilines is 1. The second kappa shape index (κ2) is 8.28. The maximum absolute atomic E-state index is 6.12. The Bertz CT molecular complexity index is 363. The Balaban J connectivity index is 2.14. The molecule has 1 heterocycles. The Hall–Kier alpha value is -1.06. The van der Waals surface area contributed by atoms with E-state index in [0.717, 1.165) is 26.2 Å². The van der Waals surface area contributed by atoms with Crippen molar-refractivity contribution < 1.29 is 4.74 Å². The molecule has 1 fully saturated rings. The largest absolute Gasteiger partial charge is 0.381 e. The first kappa shape index (κ1) is 15.3. The fourth-order valence-corrected chi connectivity index (χ4v) is 3.08. The molecule has 3 nitrogen and oxygen atoms in total. The minimum absolute atomic E-state index is 0.393. The van der Waals surface area contributed by atoms with Crippen LogP contribution in [0.4, 0.5) is 5.69 Å². The van der Waals surface area contributed by atoms with Crippen molar-refractivity contribution in [1.82, 2.24) is 0 Å². The third-order valence-corrected chi connectivity index (χ3v) is 4.22. The van der Waals surface area contributed by atoms with Crippen LogP contribution in [0.1, 0.15) is 32.6 Å². The highest BCUT2D eigenvalue weighted by atomic mass is 16.5. The summed E-state index contributed by atoms with van der Waals surface area (Å²) in [5.41, 5.74) is 7.41. The Morgan fingerprint density at radius 3 is 2.75 bits per heavy atom. The zero-order valence-corrected chi connectivity index (χ0v) is 12.6. The molecule has 2 unspecified atom stereocenters. The second-order valence-electron chi connectivity index (χ2n) is 5.66. The Kier molecular flexibility index (Phi) is 6.34. The van der Waals surface area contributed by atoms with E-state index in [1.165, 1.54) is 24.9 Å². The molecule has 20 heavy (non-hydrogen) atoms. The summed E-state index contributed by atoms with van der Waals surface area (Å²) in [6, 6.07) is 11.1. The number of para-hydroxylation sites is 1. The molecular formula is C17H28N2O. The van der Waals surface area contributed by atoms with Gasteiger partial charge in [0.15, 0.2) is 0 Å². The van der Waals surface area contributed by atoms with Crippen LogP contribution in [0, 0.1) is 5.92 Å². The van der Waals surface area contributed by atoms with Crippen molar-refractivity contribution in [3.63, 3.8) is 0 Å². The molecule has 0 bridgehead atoms. The van der Waals surface area contributed by atoms with E-state index >= 15 is 0 Å². The number of nitrogens with two attached hydrogens (primary N) is 1. The number of benzene rings is 1. The van der Waals surface area contributed by atoms with Crippen LogP contribution in [0.25, 0.3) is 0 Å². The quantitative estimate of drug-likeness (QED) is 0.832. The monoisotopic (exact) mass is 276 g/mol. The maximum atomic E-state index is 6.12. The van der Waals surface area contributed by atoms with E-state index in [1.807, 2.05) is 0 Å². The van der Waals surface area contributed by atoms with Gasteiger partial charge in [0, 0.05) is 37.3 Å². The van der Waals surface area contributed by atoms with E-state index in [-0.39, 0.29) is 0 Å². The van der Waals surface area contributed by atoms with Crippen molar-refractivity contribution in [3.05, 3.63) is 30.3 Å². The average molecular weight is 276 g/mol. The number of hydrogen-bond donors (Lipinski definition) is 1. The van der Waals surface area contributed by atoms with E-state index in [1.54, 1.807) is 0 Å². The topological polar surface area (TPSA) is 38.5 Å². The molecule has 2 atom stereocenters. The van der Waals surface area contributed by atoms with Crippen molar-refractivity contribution in [3.8, 4) is 0 Å². The molecule has 1 aliphatic rings. The van der Waals surface area contributed by atoms with Gasteiger partial charge in [0.2, 0.25) is 0 Å². The second-order valence-corrected chi connectivity index (χ2v) is 5.66. The summed E-state index contributed by atoms with van der Waals surface area (Å²) in [7, 11) is 0. The fraction of sp³-hybridized carbons (Fsp3) is 0.647. The lowest BCUT2D eigenvalue weighted by Crippen LogP contribution is -2.48. The summed E-state index contributed by atoms with van der Waals surface area (Å²) in [4.78, 5) is 2.50. The minimum atomic E-state index is 0.393. The van der Waals surface area contributed by atoms with Gasteiger partial charge in [0.05, 0.1) is 6.61 Å². The number of unbranched alkanes of at least 4 members (excludes halogenated alkanes) is 1. The highest BCUT2D eigenvalue weighted by Crippen LogP contribution is 2.26. The molecule has 0 saturated carbocycles. The van der Waals surface area contributed by atoms with Crippen LogP contribution < -0.4 is 10.6 Å². The molecule has 0 aromatic heterocycles. The molecule has 1 aliphatic heterocycles. The van der Waals surface area contributed by atoms with Gasteiger partial charge < -0.3 is 15.4 Å². The van der Waals surface area contributed by atoms with Crippen LogP contribution in [0.5, 0.6) is 0 Å². The highest BCUT2D eigenvalue weighted by molar-refractivity contribution is 5.47. The van der Waals surface area contributed by atoms with Crippen molar-refractivity contribution in [2.45, 2.75) is 38.6 Å². The van der Waals surface area contributed by atoms with Crippen LogP contribution >= 0.6 is 0 Å². The van der Waals surface area contributed by atoms with E-state index in [2.05, 4.69) is 42.2 Å². The van der Waals surface area contributed by atoms with Gasteiger partial charge >= 0.3 is 0 Å². The van der Waals surface area contributed by atoms with Gasteiger partial charge in [-0.2, -0.15) is 0 Å². The van der Waals surface area contributed by atoms with Gasteiger partial charge in [-0.25, -0.2) is 0 Å². The smallest absolute Gasteiger partial charge is 0.0514 e. The SMILES string of the molecule is CCCCN(c1ccccc1)C(CN)C1CCCOC1. The van der Waals surface area contributed by atoms with E-state index in [9.17, 15) is 0 Å². The summed E-state index contributed by atoms with van der Waals surface area (Å²) < 4.78 is 5.67. The summed E-state index contributed by atoms with van der Waals surface area (Å²) in [6.07, 6.45) is 4.82. The summed E-state index contributed by atoms with van der Waals surface area (Å²) in [5.74, 6) is 0.561. The van der Waals surface area contributed by atoms with E-state index < -0.39 is 0 Å². The molecule has 0 aliphatic carbocycles. The molecular weight excluding hydrogens is 248 g/mol. The zero-order chi connectivity index (χ0) is 14.2. The van der Waals surface area contributed by atoms with Crippen LogP contribution in [-0.4, -0.2) is 32.3 Å². The Morgan fingerprint density at radius 1 is 1.35 bits per heavy atom. The van der Waals surface area contributed by atoms with Crippen molar-refractivity contribution >= 4 is 5.69 Å². The van der Waals surface area contributed by atoms with E-state index in [0.29, 0.717) is 18.5 Å². The molecule has 1 aromatic rings. The Labute approximate surface area is 123 Å². The molecule has 112 valence electrons. The zero-order valence-electron chi connectivity index (χ0n) is 12.6. The lowest BCUT2D eigenvalue weighted by molar-refractivity contribution is 0.0447. The predicted molar refractivity (Wildman–Crippen MR) is 85.1 cm³/mol. The maximum Gasteiger partial charge on any atom is 0.0514 e. The first-order chi connectivity index (χ1) is 9.86.